The number of ether oxygens (including phenoxy) is 1. The maximum Gasteiger partial charge on any atom is 0.414 e. The van der Waals surface area contributed by atoms with Crippen LogP contribution in [-0.2, 0) is 16.0 Å². The number of alkyl carbamates (subject to hydrolysis) is 1. The molecule has 9 heteroatoms. The summed E-state index contributed by atoms with van der Waals surface area (Å²) >= 11 is 0. The van der Waals surface area contributed by atoms with Crippen molar-refractivity contribution in [3.8, 4) is 5.75 Å². The minimum atomic E-state index is -0.987. The second-order valence-corrected chi connectivity index (χ2v) is 7.96. The first kappa shape index (κ1) is 24.2. The van der Waals surface area contributed by atoms with Crippen LogP contribution in [-0.4, -0.2) is 59.5 Å². The Morgan fingerprint density at radius 2 is 1.82 bits per heavy atom. The van der Waals surface area contributed by atoms with Crippen molar-refractivity contribution in [2.24, 2.45) is 0 Å². The smallest absolute Gasteiger partial charge is 0.414 e. The molecular weight excluding hydrogens is 426 g/mol. The van der Waals surface area contributed by atoms with Crippen LogP contribution < -0.4 is 16.0 Å². The Hall–Kier alpha value is -3.43. The van der Waals surface area contributed by atoms with Gasteiger partial charge >= 0.3 is 12.1 Å². The topological polar surface area (TPSA) is 137 Å². The number of amides is 2. The van der Waals surface area contributed by atoms with Gasteiger partial charge in [0.15, 0.2) is 0 Å². The van der Waals surface area contributed by atoms with Crippen LogP contribution in [0.25, 0.3) is 0 Å². The highest BCUT2D eigenvalue weighted by Crippen LogP contribution is 2.14. The highest BCUT2D eigenvalue weighted by atomic mass is 16.6. The minimum absolute atomic E-state index is 0.0542. The fourth-order valence-corrected chi connectivity index (χ4v) is 3.62. The number of aliphatic hydroxyl groups excluding tert-OH is 1. The van der Waals surface area contributed by atoms with Crippen LogP contribution in [0.3, 0.4) is 0 Å². The molecule has 1 heterocycles. The van der Waals surface area contributed by atoms with E-state index in [1.54, 1.807) is 42.5 Å². The Kier molecular flexibility index (Phi) is 8.79. The molecule has 2 unspecified atom stereocenters. The maximum atomic E-state index is 12.6. The van der Waals surface area contributed by atoms with Crippen LogP contribution in [0.5, 0.6) is 5.75 Å². The van der Waals surface area contributed by atoms with Gasteiger partial charge in [0.1, 0.15) is 11.8 Å². The lowest BCUT2D eigenvalue weighted by Gasteiger charge is -2.25. The summed E-state index contributed by atoms with van der Waals surface area (Å²) in [4.78, 5) is 36.4. The lowest BCUT2D eigenvalue weighted by atomic mass is 9.98. The molecule has 2 amide bonds. The van der Waals surface area contributed by atoms with Crippen molar-refractivity contribution in [1.29, 1.82) is 0 Å². The van der Waals surface area contributed by atoms with Crippen LogP contribution in [0.2, 0.25) is 0 Å². The van der Waals surface area contributed by atoms with Crippen LogP contribution in [0, 0.1) is 0 Å². The zero-order chi connectivity index (χ0) is 23.6. The molecule has 0 bridgehead atoms. The SMILES string of the molecule is O=C(NCCC(O)C(Cc1ccc(O)cc1)NC(=O)c1ccccc1)OC(=O)[C@@H]1CCCN1. The first-order valence-electron chi connectivity index (χ1n) is 11.0. The third kappa shape index (κ3) is 7.58. The maximum absolute atomic E-state index is 12.6. The van der Waals surface area contributed by atoms with Gasteiger partial charge in [-0.05, 0) is 62.1 Å². The molecule has 2 aromatic carbocycles. The predicted molar refractivity (Wildman–Crippen MR) is 121 cm³/mol. The molecule has 33 heavy (non-hydrogen) atoms. The number of hydrogen-bond donors (Lipinski definition) is 5. The van der Waals surface area contributed by atoms with E-state index in [2.05, 4.69) is 16.0 Å². The van der Waals surface area contributed by atoms with Crippen molar-refractivity contribution in [2.75, 3.05) is 13.1 Å². The normalized spacial score (nSPS) is 17.1. The second-order valence-electron chi connectivity index (χ2n) is 7.96. The van der Waals surface area contributed by atoms with E-state index in [0.29, 0.717) is 24.9 Å². The van der Waals surface area contributed by atoms with E-state index < -0.39 is 30.3 Å². The number of carbonyl (C=O) groups excluding carboxylic acids is 3. The molecule has 1 aliphatic rings. The van der Waals surface area contributed by atoms with Crippen molar-refractivity contribution >= 4 is 18.0 Å². The van der Waals surface area contributed by atoms with Crippen molar-refractivity contribution < 1.29 is 29.3 Å². The van der Waals surface area contributed by atoms with Gasteiger partial charge in [-0.3, -0.25) is 4.79 Å². The number of rotatable bonds is 9. The van der Waals surface area contributed by atoms with Gasteiger partial charge in [0.25, 0.3) is 5.91 Å². The van der Waals surface area contributed by atoms with Gasteiger partial charge in [0.05, 0.1) is 12.1 Å². The van der Waals surface area contributed by atoms with E-state index in [1.807, 2.05) is 0 Å². The summed E-state index contributed by atoms with van der Waals surface area (Å²) in [6.07, 6.45) is 0.0672. The molecule has 1 aliphatic heterocycles. The third-order valence-electron chi connectivity index (χ3n) is 5.46. The van der Waals surface area contributed by atoms with Gasteiger partial charge in [-0.25, -0.2) is 9.59 Å². The number of benzene rings is 2. The number of esters is 1. The van der Waals surface area contributed by atoms with Gasteiger partial charge in [-0.15, -0.1) is 0 Å². The minimum Gasteiger partial charge on any atom is -0.508 e. The van der Waals surface area contributed by atoms with Crippen LogP contribution in [0.4, 0.5) is 4.79 Å². The lowest BCUT2D eigenvalue weighted by molar-refractivity contribution is -0.139. The van der Waals surface area contributed by atoms with Crippen molar-refractivity contribution in [2.45, 2.75) is 43.9 Å². The van der Waals surface area contributed by atoms with Crippen molar-refractivity contribution in [1.82, 2.24) is 16.0 Å². The third-order valence-corrected chi connectivity index (χ3v) is 5.46. The zero-order valence-corrected chi connectivity index (χ0v) is 18.2. The molecular formula is C24H29N3O6. The molecule has 3 atom stereocenters. The average Bonchev–Trinajstić information content (AvgIpc) is 3.36. The highest BCUT2D eigenvalue weighted by molar-refractivity contribution is 5.94. The number of aromatic hydroxyl groups is 1. The zero-order valence-electron chi connectivity index (χ0n) is 18.2. The first-order valence-corrected chi connectivity index (χ1v) is 11.0. The van der Waals surface area contributed by atoms with Gasteiger partial charge in [-0.1, -0.05) is 30.3 Å². The quantitative estimate of drug-likeness (QED) is 0.285. The fourth-order valence-electron chi connectivity index (χ4n) is 3.62. The predicted octanol–water partition coefficient (Wildman–Crippen LogP) is 1.49. The number of carbonyl (C=O) groups is 3. The van der Waals surface area contributed by atoms with E-state index in [-0.39, 0.29) is 24.6 Å². The van der Waals surface area contributed by atoms with E-state index in [0.717, 1.165) is 12.0 Å². The molecule has 0 spiro atoms. The van der Waals surface area contributed by atoms with Gasteiger partial charge in [0.2, 0.25) is 0 Å². The van der Waals surface area contributed by atoms with Crippen LogP contribution >= 0.6 is 0 Å². The summed E-state index contributed by atoms with van der Waals surface area (Å²) in [5, 5.41) is 28.5. The number of aliphatic hydroxyl groups is 1. The first-order chi connectivity index (χ1) is 15.9. The molecule has 0 aliphatic carbocycles. The molecule has 5 N–H and O–H groups in total. The molecule has 176 valence electrons. The number of hydrogen-bond acceptors (Lipinski definition) is 7. The molecule has 0 aromatic heterocycles. The lowest BCUT2D eigenvalue weighted by Crippen LogP contribution is -2.46. The largest absolute Gasteiger partial charge is 0.508 e. The molecule has 0 radical (unpaired) electrons. The summed E-state index contributed by atoms with van der Waals surface area (Å²) in [5.41, 5.74) is 1.27. The summed E-state index contributed by atoms with van der Waals surface area (Å²) in [7, 11) is 0. The molecule has 3 rings (SSSR count). The van der Waals surface area contributed by atoms with Gasteiger partial charge in [0, 0.05) is 12.1 Å². The molecule has 0 saturated carbocycles. The van der Waals surface area contributed by atoms with Crippen molar-refractivity contribution in [3.05, 3.63) is 65.7 Å². The molecule has 2 aromatic rings. The highest BCUT2D eigenvalue weighted by Gasteiger charge is 2.26. The summed E-state index contributed by atoms with van der Waals surface area (Å²) in [6, 6.07) is 14.0. The second kappa shape index (κ2) is 12.0. The Morgan fingerprint density at radius 3 is 2.48 bits per heavy atom. The average molecular weight is 456 g/mol. The van der Waals surface area contributed by atoms with Crippen LogP contribution in [0.1, 0.15) is 35.2 Å². The Bertz CT molecular complexity index is 929. The van der Waals surface area contributed by atoms with E-state index in [4.69, 9.17) is 4.74 Å². The molecule has 1 fully saturated rings. The van der Waals surface area contributed by atoms with Gasteiger partial charge in [-0.2, -0.15) is 0 Å². The Labute approximate surface area is 192 Å². The Balaban J connectivity index is 1.55. The number of phenols is 1. The van der Waals surface area contributed by atoms with Crippen molar-refractivity contribution in [3.63, 3.8) is 0 Å². The van der Waals surface area contributed by atoms with Gasteiger partial charge < -0.3 is 30.9 Å². The number of phenolic OH excluding ortho intramolecular Hbond substituents is 1. The van der Waals surface area contributed by atoms with Crippen LogP contribution in [0.15, 0.2) is 54.6 Å². The Morgan fingerprint density at radius 1 is 1.09 bits per heavy atom. The van der Waals surface area contributed by atoms with E-state index in [9.17, 15) is 24.6 Å². The molecule has 1 saturated heterocycles. The summed E-state index contributed by atoms with van der Waals surface area (Å²) < 4.78 is 4.78. The summed E-state index contributed by atoms with van der Waals surface area (Å²) in [5.74, 6) is -0.833. The molecule has 9 nitrogen and oxygen atoms in total. The monoisotopic (exact) mass is 455 g/mol. The van der Waals surface area contributed by atoms with E-state index in [1.165, 1.54) is 12.1 Å². The van der Waals surface area contributed by atoms with E-state index >= 15 is 0 Å². The summed E-state index contributed by atoms with van der Waals surface area (Å²) in [6.45, 7) is 0.767. The standard InChI is InChI=1S/C24H29N3O6/c28-18-10-8-16(9-11-18)15-20(27-22(30)17-5-2-1-3-6-17)21(29)12-14-26-24(32)33-23(31)19-7-4-13-25-19/h1-3,5-6,8-11,19-21,25,28-29H,4,7,12-15H2,(H,26,32)(H,27,30)/t19-,20?,21?/m0/s1. The number of nitrogens with one attached hydrogen (secondary N) is 3. The fraction of sp³-hybridized carbons (Fsp3) is 0.375.